The molecular weight excluding hydrogens is 308 g/mol. The van der Waals surface area contributed by atoms with Crippen LogP contribution in [-0.4, -0.2) is 87.9 Å². The van der Waals surface area contributed by atoms with Crippen LogP contribution in [-0.2, 0) is 14.3 Å². The fraction of sp³-hybridized carbons (Fsp3) is 0.882. The Hall–Kier alpha value is -1.34. The maximum atomic E-state index is 11.7. The number of nitrogens with one attached hydrogen (secondary N) is 1. The van der Waals surface area contributed by atoms with Crippen molar-refractivity contribution in [3.05, 3.63) is 0 Å². The average Bonchev–Trinajstić information content (AvgIpc) is 2.62. The van der Waals surface area contributed by atoms with Crippen LogP contribution >= 0.6 is 0 Å². The lowest BCUT2D eigenvalue weighted by molar-refractivity contribution is -0.127. The minimum absolute atomic E-state index is 0.0434. The molecule has 2 saturated heterocycles. The number of carbonyl (C=O) groups is 1. The van der Waals surface area contributed by atoms with Crippen LogP contribution in [0.3, 0.4) is 0 Å². The number of nitrogens with zero attached hydrogens (tertiary/aromatic N) is 3. The zero-order valence-corrected chi connectivity index (χ0v) is 15.3. The summed E-state index contributed by atoms with van der Waals surface area (Å²) in [5.41, 5.74) is 0. The van der Waals surface area contributed by atoms with Gasteiger partial charge in [0.15, 0.2) is 5.96 Å². The molecule has 0 aromatic rings. The van der Waals surface area contributed by atoms with Crippen molar-refractivity contribution < 1.29 is 14.3 Å². The molecule has 2 rings (SSSR count). The molecule has 2 heterocycles. The Labute approximate surface area is 145 Å². The van der Waals surface area contributed by atoms with Crippen LogP contribution < -0.4 is 5.32 Å². The number of likely N-dealkylation sites (tertiary alicyclic amines) is 1. The number of guanidine groups is 1. The third kappa shape index (κ3) is 5.94. The Morgan fingerprint density at radius 2 is 2.04 bits per heavy atom. The van der Waals surface area contributed by atoms with Crippen LogP contribution in [0.1, 0.15) is 32.1 Å². The lowest BCUT2D eigenvalue weighted by Gasteiger charge is -2.35. The molecule has 0 saturated carbocycles. The normalized spacial score (nSPS) is 23.2. The number of amides is 1. The third-order valence-electron chi connectivity index (χ3n) is 4.64. The van der Waals surface area contributed by atoms with Gasteiger partial charge in [-0.15, -0.1) is 0 Å². The van der Waals surface area contributed by atoms with Gasteiger partial charge in [-0.3, -0.25) is 9.79 Å². The molecule has 0 aromatic carbocycles. The van der Waals surface area contributed by atoms with Gasteiger partial charge in [0.25, 0.3) is 0 Å². The fourth-order valence-corrected chi connectivity index (χ4v) is 3.06. The highest BCUT2D eigenvalue weighted by Crippen LogP contribution is 2.17. The number of likely N-dealkylation sites (N-methyl/N-ethyl adjacent to an activating group) is 1. The van der Waals surface area contributed by atoms with Crippen LogP contribution in [0, 0.1) is 0 Å². The molecule has 138 valence electrons. The van der Waals surface area contributed by atoms with Gasteiger partial charge >= 0.3 is 0 Å². The molecule has 2 aliphatic rings. The Morgan fingerprint density at radius 1 is 1.29 bits per heavy atom. The van der Waals surface area contributed by atoms with Crippen molar-refractivity contribution in [2.24, 2.45) is 4.99 Å². The van der Waals surface area contributed by atoms with E-state index in [0.717, 1.165) is 51.5 Å². The van der Waals surface area contributed by atoms with Gasteiger partial charge in [0, 0.05) is 40.8 Å². The molecule has 7 nitrogen and oxygen atoms in total. The molecule has 2 fully saturated rings. The average molecular weight is 340 g/mol. The molecule has 1 unspecified atom stereocenters. The first-order valence-corrected chi connectivity index (χ1v) is 8.99. The van der Waals surface area contributed by atoms with Crippen LogP contribution in [0.15, 0.2) is 4.99 Å². The van der Waals surface area contributed by atoms with Gasteiger partial charge in [0.2, 0.25) is 5.91 Å². The van der Waals surface area contributed by atoms with Gasteiger partial charge < -0.3 is 24.6 Å². The van der Waals surface area contributed by atoms with Crippen molar-refractivity contribution in [1.82, 2.24) is 15.1 Å². The van der Waals surface area contributed by atoms with Gasteiger partial charge in [-0.05, 0) is 32.1 Å². The number of hydrogen-bond donors (Lipinski definition) is 1. The number of ether oxygens (including phenoxy) is 2. The van der Waals surface area contributed by atoms with E-state index in [0.29, 0.717) is 6.10 Å². The minimum atomic E-state index is 0.0434. The predicted molar refractivity (Wildman–Crippen MR) is 94.2 cm³/mol. The highest BCUT2D eigenvalue weighted by atomic mass is 16.5. The number of piperidine rings is 1. The van der Waals surface area contributed by atoms with Crippen molar-refractivity contribution in [2.45, 2.75) is 44.3 Å². The monoisotopic (exact) mass is 340 g/mol. The van der Waals surface area contributed by atoms with Crippen molar-refractivity contribution in [2.75, 3.05) is 54.0 Å². The summed E-state index contributed by atoms with van der Waals surface area (Å²) in [6, 6.07) is 0. The Bertz CT molecular complexity index is 414. The van der Waals surface area contributed by atoms with Crippen LogP contribution in [0.5, 0.6) is 0 Å². The Morgan fingerprint density at radius 3 is 2.62 bits per heavy atom. The second-order valence-corrected chi connectivity index (χ2v) is 6.70. The minimum Gasteiger partial charge on any atom is -0.376 e. The first-order chi connectivity index (χ1) is 11.6. The highest BCUT2D eigenvalue weighted by Gasteiger charge is 2.24. The Kier molecular flexibility index (Phi) is 7.78. The van der Waals surface area contributed by atoms with E-state index < -0.39 is 0 Å². The summed E-state index contributed by atoms with van der Waals surface area (Å²) < 4.78 is 11.8. The maximum Gasteiger partial charge on any atom is 0.241 e. The summed E-state index contributed by atoms with van der Waals surface area (Å²) >= 11 is 0. The predicted octanol–water partition coefficient (Wildman–Crippen LogP) is 0.700. The summed E-state index contributed by atoms with van der Waals surface area (Å²) in [7, 11) is 5.27. The summed E-state index contributed by atoms with van der Waals surface area (Å²) in [4.78, 5) is 19.8. The summed E-state index contributed by atoms with van der Waals surface area (Å²) in [5, 5.41) is 3.14. The molecule has 0 spiro atoms. The lowest BCUT2D eigenvalue weighted by atomic mass is 10.1. The molecule has 7 heteroatoms. The molecule has 24 heavy (non-hydrogen) atoms. The van der Waals surface area contributed by atoms with Crippen LogP contribution in [0.4, 0.5) is 0 Å². The van der Waals surface area contributed by atoms with E-state index in [4.69, 9.17) is 9.47 Å². The molecule has 2 aliphatic heterocycles. The number of rotatable bonds is 5. The summed E-state index contributed by atoms with van der Waals surface area (Å²) in [6.07, 6.45) is 6.09. The van der Waals surface area contributed by atoms with E-state index in [1.165, 1.54) is 12.8 Å². The maximum absolute atomic E-state index is 11.7. The topological polar surface area (TPSA) is 66.4 Å². The SMILES string of the molecule is CN=C(NCC(=O)N(C)C)N1CCC(OCC2CCCCO2)CC1. The van der Waals surface area contributed by atoms with Gasteiger partial charge in [0.1, 0.15) is 0 Å². The van der Waals surface area contributed by atoms with E-state index in [2.05, 4.69) is 15.2 Å². The quantitative estimate of drug-likeness (QED) is 0.589. The highest BCUT2D eigenvalue weighted by molar-refractivity contribution is 5.86. The second-order valence-electron chi connectivity index (χ2n) is 6.70. The zero-order valence-electron chi connectivity index (χ0n) is 15.3. The van der Waals surface area contributed by atoms with Gasteiger partial charge in [-0.2, -0.15) is 0 Å². The molecule has 0 aromatic heterocycles. The summed E-state index contributed by atoms with van der Waals surface area (Å²) in [5.74, 6) is 0.834. The molecule has 0 bridgehead atoms. The smallest absolute Gasteiger partial charge is 0.241 e. The summed E-state index contributed by atoms with van der Waals surface area (Å²) in [6.45, 7) is 3.66. The second kappa shape index (κ2) is 9.84. The lowest BCUT2D eigenvalue weighted by Crippen LogP contribution is -2.49. The van der Waals surface area contributed by atoms with Gasteiger partial charge in [0.05, 0.1) is 25.4 Å². The molecule has 1 atom stereocenters. The van der Waals surface area contributed by atoms with E-state index >= 15 is 0 Å². The van der Waals surface area contributed by atoms with Crippen LogP contribution in [0.2, 0.25) is 0 Å². The standard InChI is InChI=1S/C17H32N4O3/c1-18-17(19-12-16(22)20(2)3)21-9-7-14(8-10-21)24-13-15-6-4-5-11-23-15/h14-15H,4-13H2,1-3H3,(H,18,19). The molecule has 0 aliphatic carbocycles. The van der Waals surface area contributed by atoms with E-state index in [1.807, 2.05) is 0 Å². The first kappa shape index (κ1) is 19.0. The number of aliphatic imine (C=N–C) groups is 1. The fourth-order valence-electron chi connectivity index (χ4n) is 3.06. The molecule has 1 amide bonds. The number of hydrogen-bond acceptors (Lipinski definition) is 4. The zero-order chi connectivity index (χ0) is 17.4. The van der Waals surface area contributed by atoms with Crippen molar-refractivity contribution >= 4 is 11.9 Å². The first-order valence-electron chi connectivity index (χ1n) is 8.99. The Balaban J connectivity index is 1.67. The van der Waals surface area contributed by atoms with Gasteiger partial charge in [-0.25, -0.2) is 0 Å². The molecular formula is C17H32N4O3. The largest absolute Gasteiger partial charge is 0.376 e. The third-order valence-corrected chi connectivity index (χ3v) is 4.64. The molecule has 1 N–H and O–H groups in total. The van der Waals surface area contributed by atoms with E-state index in [1.54, 1.807) is 26.0 Å². The van der Waals surface area contributed by atoms with E-state index in [-0.39, 0.29) is 18.6 Å². The van der Waals surface area contributed by atoms with E-state index in [9.17, 15) is 4.79 Å². The van der Waals surface area contributed by atoms with Crippen molar-refractivity contribution in [1.29, 1.82) is 0 Å². The van der Waals surface area contributed by atoms with Gasteiger partial charge in [-0.1, -0.05) is 0 Å². The van der Waals surface area contributed by atoms with Crippen molar-refractivity contribution in [3.63, 3.8) is 0 Å². The molecule has 0 radical (unpaired) electrons. The number of carbonyl (C=O) groups excluding carboxylic acids is 1. The van der Waals surface area contributed by atoms with Crippen molar-refractivity contribution in [3.8, 4) is 0 Å². The van der Waals surface area contributed by atoms with Crippen LogP contribution in [0.25, 0.3) is 0 Å².